The minimum Gasteiger partial charge on any atom is -0.480 e. The molecule has 9 heteroatoms. The molecule has 8 nitrogen and oxygen atoms in total. The van der Waals surface area contributed by atoms with E-state index in [1.807, 2.05) is 12.3 Å². The minimum absolute atomic E-state index is 0.0145. The summed E-state index contributed by atoms with van der Waals surface area (Å²) in [7, 11) is 0. The van der Waals surface area contributed by atoms with Gasteiger partial charge in [0.15, 0.2) is 0 Å². The number of anilines is 3. The first-order chi connectivity index (χ1) is 14.4. The molecule has 1 atom stereocenters. The molecule has 156 valence electrons. The van der Waals surface area contributed by atoms with Gasteiger partial charge in [0.2, 0.25) is 0 Å². The fraction of sp³-hybridized carbons (Fsp3) is 0.238. The molecule has 0 saturated heterocycles. The van der Waals surface area contributed by atoms with Crippen LogP contribution in [-0.2, 0) is 11.2 Å². The molecule has 0 saturated carbocycles. The molecule has 1 aromatic heterocycles. The van der Waals surface area contributed by atoms with Gasteiger partial charge >= 0.3 is 5.97 Å². The smallest absolute Gasteiger partial charge is 0.326 e. The number of hydrogen-bond acceptors (Lipinski definition) is 7. The third-order valence-electron chi connectivity index (χ3n) is 4.48. The summed E-state index contributed by atoms with van der Waals surface area (Å²) in [5, 5.41) is 19.7. The van der Waals surface area contributed by atoms with E-state index in [1.165, 1.54) is 11.3 Å². The summed E-state index contributed by atoms with van der Waals surface area (Å²) in [6, 6.07) is 9.22. The molecule has 0 spiro atoms. The van der Waals surface area contributed by atoms with Crippen molar-refractivity contribution >= 4 is 40.3 Å². The van der Waals surface area contributed by atoms with Crippen LogP contribution < -0.4 is 26.8 Å². The third-order valence-corrected chi connectivity index (χ3v) is 5.34. The average Bonchev–Trinajstić information content (AvgIpc) is 3.28. The van der Waals surface area contributed by atoms with Crippen molar-refractivity contribution in [3.63, 3.8) is 0 Å². The third kappa shape index (κ3) is 4.74. The molecule has 1 heterocycles. The van der Waals surface area contributed by atoms with Crippen molar-refractivity contribution in [3.8, 4) is 0 Å². The maximum Gasteiger partial charge on any atom is 0.326 e. The first kappa shape index (κ1) is 21.3. The Bertz CT molecular complexity index is 1100. The highest BCUT2D eigenvalue weighted by Crippen LogP contribution is 2.19. The Morgan fingerprint density at radius 1 is 1.07 bits per heavy atom. The topological polar surface area (TPSA) is 125 Å². The minimum atomic E-state index is -1.14. The maximum absolute atomic E-state index is 12.1. The zero-order valence-electron chi connectivity index (χ0n) is 16.2. The van der Waals surface area contributed by atoms with Crippen molar-refractivity contribution in [1.29, 1.82) is 0 Å². The van der Waals surface area contributed by atoms with Gasteiger partial charge in [-0.1, -0.05) is 25.1 Å². The second kappa shape index (κ2) is 9.36. The Kier molecular flexibility index (Phi) is 6.63. The molecule has 3 aromatic rings. The molecule has 0 aliphatic heterocycles. The van der Waals surface area contributed by atoms with E-state index in [1.54, 1.807) is 36.4 Å². The monoisotopic (exact) mass is 427 g/mol. The Balaban J connectivity index is 1.67. The molecule has 1 unspecified atom stereocenters. The summed E-state index contributed by atoms with van der Waals surface area (Å²) >= 11 is 1.34. The van der Waals surface area contributed by atoms with Gasteiger partial charge in [0.05, 0.1) is 4.88 Å². The molecule has 0 bridgehead atoms. The number of rotatable bonds is 10. The van der Waals surface area contributed by atoms with E-state index < -0.39 is 22.9 Å². The van der Waals surface area contributed by atoms with Crippen LogP contribution >= 0.6 is 11.3 Å². The van der Waals surface area contributed by atoms with Crippen LogP contribution in [0.1, 0.15) is 28.6 Å². The van der Waals surface area contributed by atoms with Crippen molar-refractivity contribution in [2.75, 3.05) is 22.5 Å². The predicted molar refractivity (Wildman–Crippen MR) is 118 cm³/mol. The molecule has 0 aliphatic rings. The van der Waals surface area contributed by atoms with E-state index in [4.69, 9.17) is 0 Å². The highest BCUT2D eigenvalue weighted by atomic mass is 32.1. The number of carboxylic acids is 1. The highest BCUT2D eigenvalue weighted by Gasteiger charge is 2.26. The van der Waals surface area contributed by atoms with E-state index in [-0.39, 0.29) is 23.7 Å². The zero-order valence-corrected chi connectivity index (χ0v) is 17.0. The molecule has 3 rings (SSSR count). The van der Waals surface area contributed by atoms with Gasteiger partial charge in [0, 0.05) is 18.7 Å². The summed E-state index contributed by atoms with van der Waals surface area (Å²) in [6.45, 7) is 2.42. The van der Waals surface area contributed by atoms with E-state index in [2.05, 4.69) is 16.0 Å². The number of carbonyl (C=O) groups is 2. The Morgan fingerprint density at radius 3 is 2.37 bits per heavy atom. The summed E-state index contributed by atoms with van der Waals surface area (Å²) in [5.74, 6) is -1.35. The Morgan fingerprint density at radius 2 is 1.77 bits per heavy atom. The molecule has 4 N–H and O–H groups in total. The van der Waals surface area contributed by atoms with Gasteiger partial charge in [0.25, 0.3) is 16.8 Å². The number of hydrogen-bond donors (Lipinski definition) is 4. The summed E-state index contributed by atoms with van der Waals surface area (Å²) in [6.07, 6.45) is 0.858. The average molecular weight is 427 g/mol. The van der Waals surface area contributed by atoms with Gasteiger partial charge in [-0.15, -0.1) is 11.3 Å². The second-order valence-electron chi connectivity index (χ2n) is 6.70. The lowest BCUT2D eigenvalue weighted by Gasteiger charge is -2.20. The fourth-order valence-corrected chi connectivity index (χ4v) is 3.50. The van der Waals surface area contributed by atoms with Crippen LogP contribution in [0.5, 0.6) is 0 Å². The van der Waals surface area contributed by atoms with Crippen molar-refractivity contribution in [2.45, 2.75) is 25.8 Å². The normalized spacial score (nSPS) is 11.8. The summed E-state index contributed by atoms with van der Waals surface area (Å²) in [4.78, 5) is 47.9. The summed E-state index contributed by atoms with van der Waals surface area (Å²) < 4.78 is 0. The van der Waals surface area contributed by atoms with Gasteiger partial charge in [0.1, 0.15) is 17.4 Å². The molecule has 0 fully saturated rings. The van der Waals surface area contributed by atoms with E-state index in [9.17, 15) is 24.3 Å². The predicted octanol–water partition coefficient (Wildman–Crippen LogP) is 2.53. The molecular formula is C21H21N3O5S. The number of carbonyl (C=O) groups excluding carboxylic acids is 1. The largest absolute Gasteiger partial charge is 0.480 e. The number of carboxylic acid groups (broad SMARTS) is 1. The van der Waals surface area contributed by atoms with Crippen LogP contribution in [0.25, 0.3) is 0 Å². The van der Waals surface area contributed by atoms with Crippen LogP contribution in [0.15, 0.2) is 51.4 Å². The number of benzene rings is 1. The van der Waals surface area contributed by atoms with Crippen molar-refractivity contribution in [3.05, 3.63) is 72.7 Å². The first-order valence-corrected chi connectivity index (χ1v) is 10.3. The number of amides is 1. The number of aliphatic carboxylic acids is 1. The summed E-state index contributed by atoms with van der Waals surface area (Å²) in [5.41, 5.74) is 0.0872. The molecule has 1 amide bonds. The van der Waals surface area contributed by atoms with Gasteiger partial charge in [-0.25, -0.2) is 4.79 Å². The van der Waals surface area contributed by atoms with E-state index in [0.29, 0.717) is 22.7 Å². The van der Waals surface area contributed by atoms with Crippen LogP contribution in [0, 0.1) is 0 Å². The van der Waals surface area contributed by atoms with Gasteiger partial charge in [-0.2, -0.15) is 0 Å². The molecule has 0 radical (unpaired) electrons. The highest BCUT2D eigenvalue weighted by molar-refractivity contribution is 7.12. The maximum atomic E-state index is 12.1. The van der Waals surface area contributed by atoms with Crippen molar-refractivity contribution < 1.29 is 14.7 Å². The van der Waals surface area contributed by atoms with Gasteiger partial charge in [-0.3, -0.25) is 14.4 Å². The lowest BCUT2D eigenvalue weighted by Crippen LogP contribution is -2.42. The molecule has 0 aliphatic carbocycles. The fourth-order valence-electron chi connectivity index (χ4n) is 2.88. The van der Waals surface area contributed by atoms with Crippen LogP contribution in [0.4, 0.5) is 17.1 Å². The standard InChI is InChI=1S/C21H21N3O5S/c1-2-9-22-16-17(19(26)18(16)25)24-14(21(28)29)11-12-5-7-13(8-6-12)23-20(27)15-4-3-10-30-15/h3-8,10,14,22,24H,2,9,11H2,1H3,(H,23,27)(H,28,29). The molecule has 2 aromatic carbocycles. The zero-order chi connectivity index (χ0) is 21.7. The number of nitrogens with one attached hydrogen (secondary N) is 3. The second-order valence-corrected chi connectivity index (χ2v) is 7.65. The Hall–Kier alpha value is -3.46. The van der Waals surface area contributed by atoms with Crippen LogP contribution in [0.2, 0.25) is 0 Å². The quantitative estimate of drug-likeness (QED) is 0.367. The van der Waals surface area contributed by atoms with Gasteiger partial charge < -0.3 is 21.1 Å². The molecular weight excluding hydrogens is 406 g/mol. The van der Waals surface area contributed by atoms with Crippen molar-refractivity contribution in [2.24, 2.45) is 0 Å². The van der Waals surface area contributed by atoms with Crippen LogP contribution in [0.3, 0.4) is 0 Å². The Labute approximate surface area is 176 Å². The SMILES string of the molecule is CCCNc1c(NC(Cc2ccc(NC(=O)c3cccs3)cc2)C(=O)O)c(=O)c1=O. The van der Waals surface area contributed by atoms with E-state index >= 15 is 0 Å². The van der Waals surface area contributed by atoms with E-state index in [0.717, 1.165) is 6.42 Å². The van der Waals surface area contributed by atoms with Crippen LogP contribution in [-0.4, -0.2) is 29.6 Å². The lowest BCUT2D eigenvalue weighted by atomic mass is 10.0. The molecule has 30 heavy (non-hydrogen) atoms. The first-order valence-electron chi connectivity index (χ1n) is 9.41. The van der Waals surface area contributed by atoms with Crippen molar-refractivity contribution in [1.82, 2.24) is 0 Å². The lowest BCUT2D eigenvalue weighted by molar-refractivity contribution is -0.137. The number of thiophene rings is 1. The van der Waals surface area contributed by atoms with Gasteiger partial charge in [-0.05, 0) is 35.6 Å².